The zero-order valence-corrected chi connectivity index (χ0v) is 22.0. The van der Waals surface area contributed by atoms with E-state index >= 15 is 4.39 Å². The van der Waals surface area contributed by atoms with Crippen LogP contribution < -0.4 is 10.1 Å². The normalized spacial score (nSPS) is 12.8. The number of hydrogen-bond donors (Lipinski definition) is 2. The minimum absolute atomic E-state index is 0.0170. The number of ether oxygens (including phenoxy) is 1. The predicted octanol–water partition coefficient (Wildman–Crippen LogP) is 6.20. The Morgan fingerprint density at radius 2 is 1.75 bits per heavy atom. The molecule has 210 valence electrons. The number of methoxy groups -OCH3 is 1. The molecule has 0 radical (unpaired) electrons. The fraction of sp³-hybridized carbons (Fsp3) is 0.276. The molecule has 0 bridgehead atoms. The quantitative estimate of drug-likeness (QED) is 0.264. The van der Waals surface area contributed by atoms with Gasteiger partial charge in [0.15, 0.2) is 5.82 Å². The third-order valence-electron chi connectivity index (χ3n) is 6.34. The number of carbonyl (C=O) groups excluding carboxylic acids is 1. The second-order valence-corrected chi connectivity index (χ2v) is 9.89. The molecule has 4 aromatic rings. The van der Waals surface area contributed by atoms with Gasteiger partial charge in [-0.25, -0.2) is 13.8 Å². The highest BCUT2D eigenvalue weighted by Crippen LogP contribution is 2.38. The van der Waals surface area contributed by atoms with E-state index in [1.165, 1.54) is 45.2 Å². The second-order valence-electron chi connectivity index (χ2n) is 9.89. The van der Waals surface area contributed by atoms with Crippen LogP contribution in [0.4, 0.5) is 22.0 Å². The number of pyridine rings is 2. The first-order chi connectivity index (χ1) is 18.7. The van der Waals surface area contributed by atoms with Crippen LogP contribution in [0.5, 0.6) is 5.75 Å². The van der Waals surface area contributed by atoms with Gasteiger partial charge < -0.3 is 15.2 Å². The lowest BCUT2D eigenvalue weighted by Crippen LogP contribution is -2.36. The van der Waals surface area contributed by atoms with Gasteiger partial charge in [-0.05, 0) is 74.9 Å². The molecule has 2 aromatic heterocycles. The van der Waals surface area contributed by atoms with Crippen molar-refractivity contribution in [1.82, 2.24) is 15.3 Å². The third-order valence-corrected chi connectivity index (χ3v) is 6.34. The minimum atomic E-state index is -4.91. The molecule has 4 rings (SSSR count). The molecule has 6 nitrogen and oxygen atoms in total. The van der Waals surface area contributed by atoms with E-state index in [0.717, 1.165) is 23.8 Å². The number of aromatic nitrogens is 2. The van der Waals surface area contributed by atoms with Crippen LogP contribution in [-0.2, 0) is 5.60 Å². The van der Waals surface area contributed by atoms with Gasteiger partial charge in [-0.2, -0.15) is 13.2 Å². The number of rotatable bonds is 7. The molecule has 0 saturated heterocycles. The molecule has 0 aliphatic carbocycles. The van der Waals surface area contributed by atoms with Crippen molar-refractivity contribution in [2.24, 2.45) is 0 Å². The molecule has 2 N–H and O–H groups in total. The Labute approximate surface area is 226 Å². The van der Waals surface area contributed by atoms with Gasteiger partial charge in [0.25, 0.3) is 5.91 Å². The molecule has 0 saturated carbocycles. The molecule has 0 aliphatic heterocycles. The molecule has 40 heavy (non-hydrogen) atoms. The molecule has 0 aliphatic rings. The summed E-state index contributed by atoms with van der Waals surface area (Å²) in [6.45, 7) is 3.31. The fourth-order valence-electron chi connectivity index (χ4n) is 4.27. The highest BCUT2D eigenvalue weighted by atomic mass is 19.4. The van der Waals surface area contributed by atoms with E-state index in [1.54, 1.807) is 19.2 Å². The van der Waals surface area contributed by atoms with Gasteiger partial charge in [-0.1, -0.05) is 0 Å². The SMILES string of the molecule is COc1cc(C(=O)NCC(c2cc(C(C)(C)O)c(F)c(-c3ccc(F)cc3)n2)C(F)(F)F)cc2cc(C)cnc12. The van der Waals surface area contributed by atoms with Crippen LogP contribution in [0.2, 0.25) is 0 Å². The summed E-state index contributed by atoms with van der Waals surface area (Å²) < 4.78 is 77.1. The molecular weight excluding hydrogens is 533 g/mol. The van der Waals surface area contributed by atoms with E-state index in [9.17, 15) is 27.5 Å². The first-order valence-corrected chi connectivity index (χ1v) is 12.2. The average molecular weight is 560 g/mol. The first-order valence-electron chi connectivity index (χ1n) is 12.2. The van der Waals surface area contributed by atoms with E-state index in [0.29, 0.717) is 10.9 Å². The standard InChI is InChI=1S/C29H26F5N3O3/c1-15-9-17-10-18(11-23(40-4)25(17)35-13-15)27(38)36-14-21(29(32,33)34)22-12-20(28(2,3)39)24(31)26(37-22)16-5-7-19(30)8-6-16/h5-13,21,39H,14H2,1-4H3,(H,36,38). The van der Waals surface area contributed by atoms with Crippen LogP contribution >= 0.6 is 0 Å². The van der Waals surface area contributed by atoms with Crippen LogP contribution in [0.15, 0.2) is 54.7 Å². The number of halogens is 5. The summed E-state index contributed by atoms with van der Waals surface area (Å²) in [4.78, 5) is 21.2. The summed E-state index contributed by atoms with van der Waals surface area (Å²) in [7, 11) is 1.39. The van der Waals surface area contributed by atoms with Crippen LogP contribution in [0, 0.1) is 18.6 Å². The van der Waals surface area contributed by atoms with Crippen molar-refractivity contribution in [1.29, 1.82) is 0 Å². The predicted molar refractivity (Wildman–Crippen MR) is 139 cm³/mol. The molecule has 1 atom stereocenters. The summed E-state index contributed by atoms with van der Waals surface area (Å²) in [6.07, 6.45) is -3.28. The third kappa shape index (κ3) is 6.04. The average Bonchev–Trinajstić information content (AvgIpc) is 2.87. The number of aryl methyl sites for hydroxylation is 1. The second kappa shape index (κ2) is 10.8. The number of aliphatic hydroxyl groups is 1. The van der Waals surface area contributed by atoms with Crippen molar-refractivity contribution in [3.8, 4) is 17.0 Å². The van der Waals surface area contributed by atoms with Crippen molar-refractivity contribution in [3.63, 3.8) is 0 Å². The van der Waals surface area contributed by atoms with Gasteiger partial charge in [0.2, 0.25) is 0 Å². The molecule has 2 aromatic carbocycles. The Kier molecular flexibility index (Phi) is 7.80. The molecule has 0 spiro atoms. The number of carbonyl (C=O) groups is 1. The zero-order chi connectivity index (χ0) is 29.4. The first kappa shape index (κ1) is 28.9. The summed E-state index contributed by atoms with van der Waals surface area (Å²) in [5, 5.41) is 13.4. The molecular formula is C29H26F5N3O3. The maximum Gasteiger partial charge on any atom is 0.398 e. The largest absolute Gasteiger partial charge is 0.494 e. The molecule has 1 amide bonds. The van der Waals surface area contributed by atoms with E-state index in [4.69, 9.17) is 4.74 Å². The van der Waals surface area contributed by atoms with Crippen LogP contribution in [0.3, 0.4) is 0 Å². The number of alkyl halides is 3. The molecule has 2 heterocycles. The number of nitrogens with one attached hydrogen (secondary N) is 1. The van der Waals surface area contributed by atoms with Gasteiger partial charge in [-0.3, -0.25) is 9.78 Å². The Hall–Kier alpha value is -4.12. The van der Waals surface area contributed by atoms with Crippen LogP contribution in [-0.4, -0.2) is 40.8 Å². The van der Waals surface area contributed by atoms with Gasteiger partial charge in [0.1, 0.15) is 28.7 Å². The summed E-state index contributed by atoms with van der Waals surface area (Å²) >= 11 is 0. The topological polar surface area (TPSA) is 84.3 Å². The number of benzene rings is 2. The smallest absolute Gasteiger partial charge is 0.398 e. The van der Waals surface area contributed by atoms with E-state index in [2.05, 4.69) is 15.3 Å². The molecule has 0 fully saturated rings. The Bertz CT molecular complexity index is 1560. The minimum Gasteiger partial charge on any atom is -0.494 e. The van der Waals surface area contributed by atoms with Crippen molar-refractivity contribution in [3.05, 3.63) is 88.7 Å². The van der Waals surface area contributed by atoms with Gasteiger partial charge >= 0.3 is 6.18 Å². The highest BCUT2D eigenvalue weighted by molar-refractivity contribution is 6.00. The number of hydrogen-bond acceptors (Lipinski definition) is 5. The Morgan fingerprint density at radius 3 is 2.35 bits per heavy atom. The van der Waals surface area contributed by atoms with Crippen molar-refractivity contribution in [2.75, 3.05) is 13.7 Å². The number of nitrogens with zero attached hydrogens (tertiary/aromatic N) is 2. The number of fused-ring (bicyclic) bond motifs is 1. The zero-order valence-electron chi connectivity index (χ0n) is 22.0. The Morgan fingerprint density at radius 1 is 1.07 bits per heavy atom. The van der Waals surface area contributed by atoms with Gasteiger partial charge in [-0.15, -0.1) is 0 Å². The van der Waals surface area contributed by atoms with Gasteiger partial charge in [0, 0.05) is 34.8 Å². The summed E-state index contributed by atoms with van der Waals surface area (Å²) in [5.74, 6) is -4.56. The van der Waals surface area contributed by atoms with Gasteiger partial charge in [0.05, 0.1) is 18.4 Å². The fourth-order valence-corrected chi connectivity index (χ4v) is 4.27. The van der Waals surface area contributed by atoms with Crippen molar-refractivity contribution >= 4 is 16.8 Å². The molecule has 1 unspecified atom stereocenters. The van der Waals surface area contributed by atoms with E-state index < -0.39 is 58.7 Å². The molecule has 11 heteroatoms. The lowest BCUT2D eigenvalue weighted by Gasteiger charge is -2.25. The highest BCUT2D eigenvalue weighted by Gasteiger charge is 2.43. The van der Waals surface area contributed by atoms with Crippen molar-refractivity contribution in [2.45, 2.75) is 38.5 Å². The Balaban J connectivity index is 1.73. The lowest BCUT2D eigenvalue weighted by atomic mass is 9.92. The van der Waals surface area contributed by atoms with E-state index in [1.807, 2.05) is 0 Å². The maximum atomic E-state index is 15.4. The summed E-state index contributed by atoms with van der Waals surface area (Å²) in [5.41, 5.74) is -2.05. The van der Waals surface area contributed by atoms with Crippen LogP contribution in [0.25, 0.3) is 22.2 Å². The van der Waals surface area contributed by atoms with Crippen LogP contribution in [0.1, 0.15) is 46.9 Å². The monoisotopic (exact) mass is 559 g/mol. The maximum absolute atomic E-state index is 15.4. The van der Waals surface area contributed by atoms with E-state index in [-0.39, 0.29) is 16.9 Å². The number of amides is 1. The summed E-state index contributed by atoms with van der Waals surface area (Å²) in [6, 6.07) is 9.84. The van der Waals surface area contributed by atoms with Crippen molar-refractivity contribution < 1.29 is 36.6 Å². The lowest BCUT2D eigenvalue weighted by molar-refractivity contribution is -0.149.